The van der Waals surface area contributed by atoms with Gasteiger partial charge in [-0.15, -0.1) is 0 Å². The first-order valence-electron chi connectivity index (χ1n) is 7.89. The molecule has 0 amide bonds. The molecule has 3 nitrogen and oxygen atoms in total. The van der Waals surface area contributed by atoms with Crippen molar-refractivity contribution in [3.8, 4) is 0 Å². The minimum absolute atomic E-state index is 0.524. The van der Waals surface area contributed by atoms with Gasteiger partial charge < -0.3 is 15.4 Å². The first-order valence-corrected chi connectivity index (χ1v) is 7.89. The van der Waals surface area contributed by atoms with E-state index in [0.29, 0.717) is 18.2 Å². The molecule has 1 aliphatic heterocycles. The summed E-state index contributed by atoms with van der Waals surface area (Å²) in [5.41, 5.74) is 0. The zero-order valence-corrected chi connectivity index (χ0v) is 12.1. The van der Waals surface area contributed by atoms with E-state index in [1.807, 2.05) is 0 Å². The van der Waals surface area contributed by atoms with Crippen molar-refractivity contribution in [2.45, 2.75) is 83.0 Å². The summed E-state index contributed by atoms with van der Waals surface area (Å²) in [6.45, 7) is 6.49. The summed E-state index contributed by atoms with van der Waals surface area (Å²) in [5.74, 6) is 0. The van der Waals surface area contributed by atoms with Gasteiger partial charge in [0, 0.05) is 24.7 Å². The van der Waals surface area contributed by atoms with Crippen molar-refractivity contribution in [3.05, 3.63) is 0 Å². The molecule has 2 atom stereocenters. The predicted molar refractivity (Wildman–Crippen MR) is 75.9 cm³/mol. The molecule has 0 bridgehead atoms. The fourth-order valence-corrected chi connectivity index (χ4v) is 3.27. The van der Waals surface area contributed by atoms with Crippen LogP contribution >= 0.6 is 0 Å². The van der Waals surface area contributed by atoms with Crippen molar-refractivity contribution in [1.29, 1.82) is 0 Å². The first-order chi connectivity index (χ1) is 8.78. The van der Waals surface area contributed by atoms with Gasteiger partial charge in [-0.1, -0.05) is 12.8 Å². The van der Waals surface area contributed by atoms with Gasteiger partial charge in [0.05, 0.1) is 6.10 Å². The van der Waals surface area contributed by atoms with Crippen molar-refractivity contribution < 1.29 is 4.74 Å². The van der Waals surface area contributed by atoms with Gasteiger partial charge in [0.25, 0.3) is 0 Å². The average Bonchev–Trinajstić information content (AvgIpc) is 2.55. The third-order valence-electron chi connectivity index (χ3n) is 4.32. The molecule has 0 radical (unpaired) electrons. The number of hydrogen-bond donors (Lipinski definition) is 2. The second kappa shape index (κ2) is 7.46. The van der Waals surface area contributed by atoms with Crippen molar-refractivity contribution in [2.75, 3.05) is 13.2 Å². The minimum atomic E-state index is 0.524. The zero-order valence-electron chi connectivity index (χ0n) is 12.1. The molecule has 2 unspecified atom stereocenters. The highest BCUT2D eigenvalue weighted by Gasteiger charge is 2.30. The normalized spacial score (nSPS) is 34.7. The molecule has 2 fully saturated rings. The van der Waals surface area contributed by atoms with Gasteiger partial charge in [-0.3, -0.25) is 0 Å². The summed E-state index contributed by atoms with van der Waals surface area (Å²) >= 11 is 0. The van der Waals surface area contributed by atoms with Crippen LogP contribution in [0.3, 0.4) is 0 Å². The molecular formula is C15H30N2O. The Morgan fingerprint density at radius 3 is 2.89 bits per heavy atom. The molecule has 18 heavy (non-hydrogen) atoms. The lowest BCUT2D eigenvalue weighted by atomic mass is 9.88. The van der Waals surface area contributed by atoms with Gasteiger partial charge in [0.2, 0.25) is 0 Å². The van der Waals surface area contributed by atoms with Crippen molar-refractivity contribution in [1.82, 2.24) is 10.6 Å². The van der Waals surface area contributed by atoms with E-state index in [1.165, 1.54) is 51.5 Å². The Kier molecular flexibility index (Phi) is 5.93. The van der Waals surface area contributed by atoms with Gasteiger partial charge in [-0.2, -0.15) is 0 Å². The molecule has 0 aromatic rings. The van der Waals surface area contributed by atoms with Gasteiger partial charge in [-0.25, -0.2) is 0 Å². The van der Waals surface area contributed by atoms with E-state index in [-0.39, 0.29) is 0 Å². The molecule has 1 saturated carbocycles. The van der Waals surface area contributed by atoms with Crippen molar-refractivity contribution >= 4 is 0 Å². The summed E-state index contributed by atoms with van der Waals surface area (Å²) in [4.78, 5) is 0. The summed E-state index contributed by atoms with van der Waals surface area (Å²) in [5, 5.41) is 7.44. The average molecular weight is 254 g/mol. The van der Waals surface area contributed by atoms with Crippen LogP contribution in [0.1, 0.15) is 58.8 Å². The van der Waals surface area contributed by atoms with Gasteiger partial charge >= 0.3 is 0 Å². The molecular weight excluding hydrogens is 224 g/mol. The number of ether oxygens (including phenoxy) is 1. The van der Waals surface area contributed by atoms with Crippen molar-refractivity contribution in [2.24, 2.45) is 0 Å². The van der Waals surface area contributed by atoms with Crippen LogP contribution in [-0.2, 0) is 4.74 Å². The summed E-state index contributed by atoms with van der Waals surface area (Å²) in [6.07, 6.45) is 9.73. The van der Waals surface area contributed by atoms with Crippen LogP contribution in [0.2, 0.25) is 0 Å². The number of rotatable bonds is 6. The van der Waals surface area contributed by atoms with Crippen LogP contribution in [0.5, 0.6) is 0 Å². The van der Waals surface area contributed by atoms with Crippen LogP contribution in [-0.4, -0.2) is 37.4 Å². The lowest BCUT2D eigenvalue weighted by Gasteiger charge is -2.38. The number of hydrogen-bond acceptors (Lipinski definition) is 3. The standard InChI is InChI=1S/C15H30N2O/c1-3-18-15-10-14(11-15)17-12(2)9-13-7-5-4-6-8-16-13/h12-17H,3-11H2,1-2H3. The van der Waals surface area contributed by atoms with E-state index in [4.69, 9.17) is 4.74 Å². The molecule has 2 rings (SSSR count). The Bertz CT molecular complexity index is 221. The Hall–Kier alpha value is -0.120. The van der Waals surface area contributed by atoms with E-state index >= 15 is 0 Å². The van der Waals surface area contributed by atoms with Crippen LogP contribution in [0, 0.1) is 0 Å². The van der Waals surface area contributed by atoms with Crippen LogP contribution in [0.4, 0.5) is 0 Å². The molecule has 3 heteroatoms. The maximum Gasteiger partial charge on any atom is 0.0604 e. The maximum atomic E-state index is 5.60. The first kappa shape index (κ1) is 14.3. The minimum Gasteiger partial charge on any atom is -0.378 e. The fraction of sp³-hybridized carbons (Fsp3) is 1.00. The Morgan fingerprint density at radius 1 is 1.28 bits per heavy atom. The predicted octanol–water partition coefficient (Wildman–Crippen LogP) is 2.45. The van der Waals surface area contributed by atoms with Crippen LogP contribution in [0.15, 0.2) is 0 Å². The Morgan fingerprint density at radius 2 is 2.11 bits per heavy atom. The fourth-order valence-electron chi connectivity index (χ4n) is 3.27. The highest BCUT2D eigenvalue weighted by Crippen LogP contribution is 2.24. The topological polar surface area (TPSA) is 33.3 Å². The number of nitrogens with one attached hydrogen (secondary N) is 2. The molecule has 0 aromatic heterocycles. The smallest absolute Gasteiger partial charge is 0.0604 e. The third kappa shape index (κ3) is 4.52. The van der Waals surface area contributed by atoms with Gasteiger partial charge in [-0.05, 0) is 52.5 Å². The van der Waals surface area contributed by atoms with E-state index in [1.54, 1.807) is 0 Å². The zero-order chi connectivity index (χ0) is 12.8. The summed E-state index contributed by atoms with van der Waals surface area (Å²) in [6, 6.07) is 2.06. The highest BCUT2D eigenvalue weighted by molar-refractivity contribution is 4.88. The monoisotopic (exact) mass is 254 g/mol. The molecule has 1 saturated heterocycles. The second-order valence-corrected chi connectivity index (χ2v) is 6.05. The van der Waals surface area contributed by atoms with E-state index in [0.717, 1.165) is 12.6 Å². The Balaban J connectivity index is 1.59. The lowest BCUT2D eigenvalue weighted by molar-refractivity contribution is -0.0123. The summed E-state index contributed by atoms with van der Waals surface area (Å²) < 4.78 is 5.60. The molecule has 106 valence electrons. The van der Waals surface area contributed by atoms with E-state index in [2.05, 4.69) is 24.5 Å². The third-order valence-corrected chi connectivity index (χ3v) is 4.32. The molecule has 0 spiro atoms. The van der Waals surface area contributed by atoms with Gasteiger partial charge in [0.1, 0.15) is 0 Å². The van der Waals surface area contributed by atoms with Crippen molar-refractivity contribution in [3.63, 3.8) is 0 Å². The summed E-state index contributed by atoms with van der Waals surface area (Å²) in [7, 11) is 0. The quantitative estimate of drug-likeness (QED) is 0.764. The highest BCUT2D eigenvalue weighted by atomic mass is 16.5. The molecule has 2 aliphatic rings. The molecule has 2 N–H and O–H groups in total. The second-order valence-electron chi connectivity index (χ2n) is 6.05. The van der Waals surface area contributed by atoms with Gasteiger partial charge in [0.15, 0.2) is 0 Å². The Labute approximate surface area is 112 Å². The van der Waals surface area contributed by atoms with Crippen LogP contribution < -0.4 is 10.6 Å². The molecule has 1 heterocycles. The largest absolute Gasteiger partial charge is 0.378 e. The van der Waals surface area contributed by atoms with E-state index in [9.17, 15) is 0 Å². The lowest BCUT2D eigenvalue weighted by Crippen LogP contribution is -2.50. The maximum absolute atomic E-state index is 5.60. The molecule has 0 aromatic carbocycles. The van der Waals surface area contributed by atoms with E-state index < -0.39 is 0 Å². The molecule has 1 aliphatic carbocycles. The van der Waals surface area contributed by atoms with Crippen LogP contribution in [0.25, 0.3) is 0 Å². The SMILES string of the molecule is CCOC1CC(NC(C)CC2CCCCCN2)C1.